The molecule has 0 aliphatic carbocycles. The van der Waals surface area contributed by atoms with Crippen LogP contribution in [0.1, 0.15) is 0 Å². The number of pyridine rings is 1. The summed E-state index contributed by atoms with van der Waals surface area (Å²) in [6.07, 6.45) is 1.63. The van der Waals surface area contributed by atoms with E-state index < -0.39 is 5.82 Å². The quantitative estimate of drug-likeness (QED) is 0.699. The van der Waals surface area contributed by atoms with E-state index in [1.807, 2.05) is 0 Å². The smallest absolute Gasteiger partial charge is 0.203 e. The van der Waals surface area contributed by atoms with Crippen molar-refractivity contribution in [1.29, 1.82) is 0 Å². The summed E-state index contributed by atoms with van der Waals surface area (Å²) in [5.74, 6) is 1.28. The molecule has 0 aliphatic heterocycles. The molecule has 0 aliphatic rings. The van der Waals surface area contributed by atoms with Gasteiger partial charge in [0, 0.05) is 17.1 Å². The van der Waals surface area contributed by atoms with Crippen LogP contribution in [0, 0.1) is 5.82 Å². The Morgan fingerprint density at radius 2 is 1.44 bits per heavy atom. The first-order valence-corrected chi connectivity index (χ1v) is 7.55. The average Bonchev–Trinajstić information content (AvgIpc) is 2.65. The largest absolute Gasteiger partial charge is 0.494 e. The second kappa shape index (κ2) is 6.84. The number of methoxy groups -OCH3 is 4. The van der Waals surface area contributed by atoms with Crippen molar-refractivity contribution >= 4 is 10.8 Å². The number of rotatable bonds is 5. The molecule has 1 aromatic heterocycles. The van der Waals surface area contributed by atoms with Crippen LogP contribution in [-0.2, 0) is 0 Å². The van der Waals surface area contributed by atoms with Crippen LogP contribution in [0.15, 0.2) is 36.5 Å². The second-order valence-corrected chi connectivity index (χ2v) is 5.28. The van der Waals surface area contributed by atoms with Gasteiger partial charge in [-0.25, -0.2) is 4.39 Å². The summed E-state index contributed by atoms with van der Waals surface area (Å²) < 4.78 is 35.2. The Bertz CT molecular complexity index is 902. The molecule has 3 rings (SSSR count). The first kappa shape index (κ1) is 16.8. The molecule has 0 unspecified atom stereocenters. The zero-order valence-electron chi connectivity index (χ0n) is 14.4. The third-order valence-electron chi connectivity index (χ3n) is 3.97. The SMILES string of the molecule is COc1cc2c(-c3cc(OC)c(OC)c(OC)c3)nccc2cc1F. The molecular weight excluding hydrogens is 325 g/mol. The van der Waals surface area contributed by atoms with E-state index in [-0.39, 0.29) is 5.75 Å². The zero-order chi connectivity index (χ0) is 18.0. The molecule has 25 heavy (non-hydrogen) atoms. The molecule has 1 heterocycles. The van der Waals surface area contributed by atoms with Gasteiger partial charge in [0.25, 0.3) is 0 Å². The normalized spacial score (nSPS) is 10.6. The molecule has 0 amide bonds. The highest BCUT2D eigenvalue weighted by Gasteiger charge is 2.17. The van der Waals surface area contributed by atoms with Crippen LogP contribution >= 0.6 is 0 Å². The molecule has 5 nitrogen and oxygen atoms in total. The van der Waals surface area contributed by atoms with Crippen molar-refractivity contribution < 1.29 is 23.3 Å². The minimum absolute atomic E-state index is 0.161. The number of hydrogen-bond acceptors (Lipinski definition) is 5. The van der Waals surface area contributed by atoms with Gasteiger partial charge in [-0.15, -0.1) is 0 Å². The van der Waals surface area contributed by atoms with E-state index in [0.717, 1.165) is 16.3 Å². The molecular formula is C19H18FNO4. The van der Waals surface area contributed by atoms with Gasteiger partial charge in [0.15, 0.2) is 23.1 Å². The number of aromatic nitrogens is 1. The molecule has 130 valence electrons. The van der Waals surface area contributed by atoms with Crippen molar-refractivity contribution in [2.45, 2.75) is 0 Å². The molecule has 6 heteroatoms. The summed E-state index contributed by atoms with van der Waals surface area (Å²) in [4.78, 5) is 4.46. The van der Waals surface area contributed by atoms with Crippen LogP contribution in [0.25, 0.3) is 22.0 Å². The maximum Gasteiger partial charge on any atom is 0.203 e. The summed E-state index contributed by atoms with van der Waals surface area (Å²) in [5, 5.41) is 1.48. The van der Waals surface area contributed by atoms with E-state index in [4.69, 9.17) is 18.9 Å². The fraction of sp³-hybridized carbons (Fsp3) is 0.211. The van der Waals surface area contributed by atoms with Crippen LogP contribution in [0.5, 0.6) is 23.0 Å². The first-order valence-electron chi connectivity index (χ1n) is 7.55. The molecule has 0 saturated heterocycles. The van der Waals surface area contributed by atoms with E-state index in [1.165, 1.54) is 13.2 Å². The van der Waals surface area contributed by atoms with Gasteiger partial charge in [-0.05, 0) is 35.7 Å². The van der Waals surface area contributed by atoms with Gasteiger partial charge in [-0.3, -0.25) is 4.98 Å². The number of benzene rings is 2. The van der Waals surface area contributed by atoms with Gasteiger partial charge in [0.1, 0.15) is 0 Å². The molecule has 0 radical (unpaired) electrons. The van der Waals surface area contributed by atoms with Crippen molar-refractivity contribution in [3.8, 4) is 34.3 Å². The lowest BCUT2D eigenvalue weighted by Gasteiger charge is -2.15. The lowest BCUT2D eigenvalue weighted by Crippen LogP contribution is -1.97. The summed E-state index contributed by atoms with van der Waals surface area (Å²) >= 11 is 0. The van der Waals surface area contributed by atoms with Crippen LogP contribution in [-0.4, -0.2) is 33.4 Å². The molecule has 0 saturated carbocycles. The van der Waals surface area contributed by atoms with Gasteiger partial charge in [-0.1, -0.05) is 0 Å². The van der Waals surface area contributed by atoms with Gasteiger partial charge in [0.05, 0.1) is 34.1 Å². The highest BCUT2D eigenvalue weighted by Crippen LogP contribution is 2.42. The Balaban J connectivity index is 2.29. The van der Waals surface area contributed by atoms with E-state index in [0.29, 0.717) is 22.9 Å². The fourth-order valence-electron chi connectivity index (χ4n) is 2.78. The van der Waals surface area contributed by atoms with E-state index in [2.05, 4.69) is 4.98 Å². The highest BCUT2D eigenvalue weighted by atomic mass is 19.1. The summed E-state index contributed by atoms with van der Waals surface area (Å²) in [7, 11) is 6.08. The number of fused-ring (bicyclic) bond motifs is 1. The molecule has 3 aromatic rings. The standard InChI is InChI=1S/C19H18FNO4/c1-22-15-10-13-11(7-14(15)20)5-6-21-18(13)12-8-16(23-2)19(25-4)17(9-12)24-3/h5-10H,1-4H3. The Labute approximate surface area is 144 Å². The van der Waals surface area contributed by atoms with Gasteiger partial charge < -0.3 is 18.9 Å². The Morgan fingerprint density at radius 3 is 2.00 bits per heavy atom. The van der Waals surface area contributed by atoms with Gasteiger partial charge >= 0.3 is 0 Å². The second-order valence-electron chi connectivity index (χ2n) is 5.28. The maximum absolute atomic E-state index is 14.0. The van der Waals surface area contributed by atoms with Crippen molar-refractivity contribution in [3.05, 3.63) is 42.3 Å². The molecule has 0 atom stereocenters. The maximum atomic E-state index is 14.0. The average molecular weight is 343 g/mol. The molecule has 0 bridgehead atoms. The van der Waals surface area contributed by atoms with Crippen molar-refractivity contribution in [2.24, 2.45) is 0 Å². The molecule has 0 N–H and O–H groups in total. The first-order chi connectivity index (χ1) is 12.1. The van der Waals surface area contributed by atoms with Crippen molar-refractivity contribution in [1.82, 2.24) is 4.98 Å². The van der Waals surface area contributed by atoms with E-state index in [1.54, 1.807) is 51.8 Å². The lowest BCUT2D eigenvalue weighted by molar-refractivity contribution is 0.324. The highest BCUT2D eigenvalue weighted by molar-refractivity contribution is 5.96. The Hall–Kier alpha value is -3.02. The number of halogens is 1. The Kier molecular flexibility index (Phi) is 4.61. The summed E-state index contributed by atoms with van der Waals surface area (Å²) in [6.45, 7) is 0. The lowest BCUT2D eigenvalue weighted by atomic mass is 10.0. The van der Waals surface area contributed by atoms with Crippen LogP contribution in [0.4, 0.5) is 4.39 Å². The van der Waals surface area contributed by atoms with Gasteiger partial charge in [0.2, 0.25) is 5.75 Å². The summed E-state index contributed by atoms with van der Waals surface area (Å²) in [6, 6.07) is 8.42. The monoisotopic (exact) mass is 343 g/mol. The Morgan fingerprint density at radius 1 is 0.800 bits per heavy atom. The molecule has 0 spiro atoms. The minimum Gasteiger partial charge on any atom is -0.494 e. The minimum atomic E-state index is -0.419. The van der Waals surface area contributed by atoms with Crippen LogP contribution in [0.3, 0.4) is 0 Å². The number of ether oxygens (including phenoxy) is 4. The summed E-state index contributed by atoms with van der Waals surface area (Å²) in [5.41, 5.74) is 1.42. The predicted octanol–water partition coefficient (Wildman–Crippen LogP) is 4.08. The molecule has 2 aromatic carbocycles. The molecule has 0 fully saturated rings. The van der Waals surface area contributed by atoms with E-state index >= 15 is 0 Å². The number of hydrogen-bond donors (Lipinski definition) is 0. The topological polar surface area (TPSA) is 49.8 Å². The third-order valence-corrected chi connectivity index (χ3v) is 3.97. The van der Waals surface area contributed by atoms with Crippen molar-refractivity contribution in [3.63, 3.8) is 0 Å². The van der Waals surface area contributed by atoms with E-state index in [9.17, 15) is 4.39 Å². The van der Waals surface area contributed by atoms with Crippen LogP contribution in [0.2, 0.25) is 0 Å². The number of nitrogens with zero attached hydrogens (tertiary/aromatic N) is 1. The fourth-order valence-corrected chi connectivity index (χ4v) is 2.78. The van der Waals surface area contributed by atoms with Crippen molar-refractivity contribution in [2.75, 3.05) is 28.4 Å². The predicted molar refractivity (Wildman–Crippen MR) is 93.3 cm³/mol. The zero-order valence-corrected chi connectivity index (χ0v) is 14.4. The van der Waals surface area contributed by atoms with Crippen LogP contribution < -0.4 is 18.9 Å². The third kappa shape index (κ3) is 2.91. The van der Waals surface area contributed by atoms with Gasteiger partial charge in [-0.2, -0.15) is 0 Å².